The van der Waals surface area contributed by atoms with Crippen molar-refractivity contribution in [3.05, 3.63) is 20.8 Å². The second-order valence-corrected chi connectivity index (χ2v) is 9.19. The number of hydrogen-bond donors (Lipinski definition) is 0. The Balaban J connectivity index is 2.37. The van der Waals surface area contributed by atoms with Gasteiger partial charge in [0.15, 0.2) is 5.16 Å². The van der Waals surface area contributed by atoms with E-state index in [0.29, 0.717) is 17.1 Å². The molecule has 0 aliphatic rings. The maximum Gasteiger partial charge on any atom is 0.316 e. The van der Waals surface area contributed by atoms with Crippen LogP contribution >= 0.6 is 23.1 Å². The number of ether oxygens (including phenoxy) is 1. The highest BCUT2D eigenvalue weighted by atomic mass is 32.2. The maximum absolute atomic E-state index is 13.0. The average molecular weight is 383 g/mol. The molecule has 0 amide bonds. The van der Waals surface area contributed by atoms with Gasteiger partial charge in [-0.2, -0.15) is 0 Å². The zero-order valence-corrected chi connectivity index (χ0v) is 17.4. The number of carbonyl (C=O) groups is 1. The number of carbonyl (C=O) groups excluding carboxylic acids is 1. The third-order valence-corrected chi connectivity index (χ3v) is 5.78. The van der Waals surface area contributed by atoms with Crippen LogP contribution < -0.4 is 5.56 Å². The molecule has 0 saturated heterocycles. The Morgan fingerprint density at radius 1 is 1.32 bits per heavy atom. The van der Waals surface area contributed by atoms with Crippen molar-refractivity contribution >= 4 is 39.3 Å². The molecule has 0 bridgehead atoms. The molecule has 2 heterocycles. The molecule has 0 aromatic carbocycles. The molecule has 7 heteroatoms. The largest absolute Gasteiger partial charge is 0.459 e. The summed E-state index contributed by atoms with van der Waals surface area (Å²) in [5.41, 5.74) is 0.484. The van der Waals surface area contributed by atoms with Gasteiger partial charge in [-0.1, -0.05) is 25.1 Å². The van der Waals surface area contributed by atoms with E-state index in [1.165, 1.54) is 23.1 Å². The van der Waals surface area contributed by atoms with Gasteiger partial charge in [0.25, 0.3) is 5.56 Å². The van der Waals surface area contributed by atoms with E-state index >= 15 is 0 Å². The van der Waals surface area contributed by atoms with E-state index in [1.807, 2.05) is 34.6 Å². The molecule has 0 saturated carbocycles. The Labute approximate surface area is 156 Å². The van der Waals surface area contributed by atoms with Crippen molar-refractivity contribution in [2.75, 3.05) is 5.75 Å². The molecule has 5 nitrogen and oxygen atoms in total. The van der Waals surface area contributed by atoms with Crippen LogP contribution in [0.4, 0.5) is 0 Å². The monoisotopic (exact) mass is 382 g/mol. The van der Waals surface area contributed by atoms with Crippen LogP contribution in [0.3, 0.4) is 0 Å². The summed E-state index contributed by atoms with van der Waals surface area (Å²) in [6.45, 7) is 12.2. The summed E-state index contributed by atoms with van der Waals surface area (Å²) in [5.74, 6) is -0.155. The van der Waals surface area contributed by atoms with Crippen molar-refractivity contribution in [1.82, 2.24) is 9.55 Å². The normalized spacial score (nSPS) is 11.9. The number of unbranched alkanes of at least 4 members (excludes halogenated alkanes) is 1. The Morgan fingerprint density at radius 3 is 2.60 bits per heavy atom. The molecule has 0 radical (unpaired) electrons. The highest BCUT2D eigenvalue weighted by molar-refractivity contribution is 7.99. The lowest BCUT2D eigenvalue weighted by Gasteiger charge is -2.19. The smallest absolute Gasteiger partial charge is 0.316 e. The predicted octanol–water partition coefficient (Wildman–Crippen LogP) is 4.31. The van der Waals surface area contributed by atoms with E-state index in [4.69, 9.17) is 4.74 Å². The molecule has 0 spiro atoms. The van der Waals surface area contributed by atoms with Crippen LogP contribution in [-0.4, -0.2) is 26.9 Å². The molecular formula is C18H26N2O3S2. The minimum atomic E-state index is -0.515. The number of rotatable bonds is 6. The van der Waals surface area contributed by atoms with Crippen LogP contribution in [0.15, 0.2) is 9.95 Å². The average Bonchev–Trinajstić information content (AvgIpc) is 2.77. The van der Waals surface area contributed by atoms with Crippen molar-refractivity contribution in [3.8, 4) is 0 Å². The lowest BCUT2D eigenvalue weighted by Crippen LogP contribution is -2.26. The maximum atomic E-state index is 13.0. The van der Waals surface area contributed by atoms with Crippen molar-refractivity contribution in [3.63, 3.8) is 0 Å². The highest BCUT2D eigenvalue weighted by Crippen LogP contribution is 2.28. The van der Waals surface area contributed by atoms with Crippen molar-refractivity contribution in [1.29, 1.82) is 0 Å². The van der Waals surface area contributed by atoms with Crippen LogP contribution in [0.5, 0.6) is 0 Å². The van der Waals surface area contributed by atoms with E-state index in [1.54, 1.807) is 4.57 Å². The molecule has 2 aromatic rings. The summed E-state index contributed by atoms with van der Waals surface area (Å²) in [6.07, 6.45) is 1.89. The lowest BCUT2D eigenvalue weighted by molar-refractivity contribution is -0.151. The Morgan fingerprint density at radius 2 is 2.00 bits per heavy atom. The topological polar surface area (TPSA) is 61.2 Å². The van der Waals surface area contributed by atoms with Gasteiger partial charge in [0.1, 0.15) is 10.4 Å². The van der Waals surface area contributed by atoms with Crippen LogP contribution in [0.1, 0.15) is 51.0 Å². The molecule has 0 N–H and O–H groups in total. The minimum absolute atomic E-state index is 0.00742. The Bertz CT molecular complexity index is 831. The molecule has 0 aliphatic carbocycles. The summed E-state index contributed by atoms with van der Waals surface area (Å²) in [6, 6.07) is 0. The molecule has 0 aliphatic heterocycles. The Hall–Kier alpha value is -1.34. The number of nitrogens with zero attached hydrogens (tertiary/aromatic N) is 2. The van der Waals surface area contributed by atoms with Gasteiger partial charge in [-0.05, 0) is 46.6 Å². The van der Waals surface area contributed by atoms with Crippen molar-refractivity contribution < 1.29 is 9.53 Å². The summed E-state index contributed by atoms with van der Waals surface area (Å²) in [7, 11) is 0. The third-order valence-electron chi connectivity index (χ3n) is 3.73. The minimum Gasteiger partial charge on any atom is -0.459 e. The van der Waals surface area contributed by atoms with Crippen molar-refractivity contribution in [2.45, 2.75) is 71.7 Å². The predicted molar refractivity (Wildman–Crippen MR) is 105 cm³/mol. The van der Waals surface area contributed by atoms with Gasteiger partial charge in [-0.25, -0.2) is 4.98 Å². The summed E-state index contributed by atoms with van der Waals surface area (Å²) in [4.78, 5) is 31.5. The van der Waals surface area contributed by atoms with Gasteiger partial charge >= 0.3 is 5.97 Å². The van der Waals surface area contributed by atoms with Gasteiger partial charge in [0.05, 0.1) is 11.1 Å². The number of aromatic nitrogens is 2. The number of esters is 1. The van der Waals surface area contributed by atoms with E-state index in [-0.39, 0.29) is 17.3 Å². The van der Waals surface area contributed by atoms with Crippen LogP contribution in [0.25, 0.3) is 10.2 Å². The van der Waals surface area contributed by atoms with Gasteiger partial charge in [-0.3, -0.25) is 14.2 Å². The number of aryl methyl sites for hydroxylation is 2. The first-order valence-electron chi connectivity index (χ1n) is 8.49. The molecule has 0 unspecified atom stereocenters. The first-order chi connectivity index (χ1) is 11.6. The molecule has 0 atom stereocenters. The van der Waals surface area contributed by atoms with Crippen LogP contribution in [0, 0.1) is 13.8 Å². The quantitative estimate of drug-likeness (QED) is 0.423. The zero-order valence-electron chi connectivity index (χ0n) is 15.8. The molecule has 2 aromatic heterocycles. The van der Waals surface area contributed by atoms with Crippen molar-refractivity contribution in [2.24, 2.45) is 0 Å². The lowest BCUT2D eigenvalue weighted by atomic mass is 10.2. The van der Waals surface area contributed by atoms with E-state index in [2.05, 4.69) is 11.9 Å². The van der Waals surface area contributed by atoms with E-state index < -0.39 is 5.60 Å². The molecule has 0 fully saturated rings. The summed E-state index contributed by atoms with van der Waals surface area (Å²) < 4.78 is 7.06. The fraction of sp³-hybridized carbons (Fsp3) is 0.611. The highest BCUT2D eigenvalue weighted by Gasteiger charge is 2.20. The van der Waals surface area contributed by atoms with Gasteiger partial charge in [0.2, 0.25) is 0 Å². The molecule has 25 heavy (non-hydrogen) atoms. The number of hydrogen-bond acceptors (Lipinski definition) is 6. The molecule has 2 rings (SSSR count). The van der Waals surface area contributed by atoms with Gasteiger partial charge in [0, 0.05) is 11.4 Å². The fourth-order valence-electron chi connectivity index (χ4n) is 2.43. The Kier molecular flexibility index (Phi) is 6.32. The zero-order chi connectivity index (χ0) is 18.8. The van der Waals surface area contributed by atoms with Gasteiger partial charge in [-0.15, -0.1) is 11.3 Å². The third kappa shape index (κ3) is 4.85. The standard InChI is InChI=1S/C18H26N2O3S2/c1-7-8-9-20-16(22)14-11(2)12(3)25-15(14)19-17(20)24-10-13(21)23-18(4,5)6/h7-10H2,1-6H3. The van der Waals surface area contributed by atoms with Crippen LogP contribution in [0.2, 0.25) is 0 Å². The first kappa shape index (κ1) is 20.0. The SMILES string of the molecule is CCCCn1c(SCC(=O)OC(C)(C)C)nc2sc(C)c(C)c2c1=O. The number of thiophene rings is 1. The summed E-state index contributed by atoms with van der Waals surface area (Å²) >= 11 is 2.80. The second-order valence-electron chi connectivity index (χ2n) is 7.04. The molecule has 138 valence electrons. The number of fused-ring (bicyclic) bond motifs is 1. The fourth-order valence-corrected chi connectivity index (χ4v) is 4.30. The van der Waals surface area contributed by atoms with E-state index in [0.717, 1.165) is 28.1 Å². The number of thioether (sulfide) groups is 1. The van der Waals surface area contributed by atoms with Gasteiger partial charge < -0.3 is 4.74 Å². The molecular weight excluding hydrogens is 356 g/mol. The summed E-state index contributed by atoms with van der Waals surface area (Å²) in [5, 5.41) is 1.30. The first-order valence-corrected chi connectivity index (χ1v) is 10.3. The van der Waals surface area contributed by atoms with Crippen LogP contribution in [-0.2, 0) is 16.1 Å². The second kappa shape index (κ2) is 7.91. The van der Waals surface area contributed by atoms with E-state index in [9.17, 15) is 9.59 Å².